The molecule has 0 saturated heterocycles. The average molecular weight is 287 g/mol. The highest BCUT2D eigenvalue weighted by atomic mass is 35.5. The van der Waals surface area contributed by atoms with E-state index in [-0.39, 0.29) is 5.15 Å². The van der Waals surface area contributed by atoms with Crippen molar-refractivity contribution < 1.29 is 0 Å². The molecule has 1 rings (SSSR count). The molecule has 0 fully saturated rings. The number of anilines is 1. The van der Waals surface area contributed by atoms with Crippen LogP contribution in [-0.4, -0.2) is 35.1 Å². The summed E-state index contributed by atoms with van der Waals surface area (Å²) in [6, 6.07) is 3.06. The number of thiazole rings is 1. The van der Waals surface area contributed by atoms with E-state index >= 15 is 0 Å². The van der Waals surface area contributed by atoms with Crippen molar-refractivity contribution in [2.45, 2.75) is 39.8 Å². The summed E-state index contributed by atoms with van der Waals surface area (Å²) in [6.07, 6.45) is 0. The largest absolute Gasteiger partial charge is 0.360 e. The van der Waals surface area contributed by atoms with E-state index in [9.17, 15) is 0 Å². The second-order valence-electron chi connectivity index (χ2n) is 4.60. The average Bonchev–Trinajstić information content (AvgIpc) is 2.64. The lowest BCUT2D eigenvalue weighted by Crippen LogP contribution is -2.40. The summed E-state index contributed by atoms with van der Waals surface area (Å²) in [6.45, 7) is 10.5. The number of nitriles is 1. The molecule has 0 radical (unpaired) electrons. The lowest BCUT2D eigenvalue weighted by atomic mass is 10.2. The Morgan fingerprint density at radius 1 is 1.39 bits per heavy atom. The molecule has 0 aliphatic rings. The maximum absolute atomic E-state index is 8.79. The topological polar surface area (TPSA) is 52.0 Å². The van der Waals surface area contributed by atoms with Crippen LogP contribution in [-0.2, 0) is 0 Å². The van der Waals surface area contributed by atoms with Crippen molar-refractivity contribution in [3.05, 3.63) is 10.0 Å². The van der Waals surface area contributed by atoms with E-state index in [0.717, 1.165) is 13.1 Å². The van der Waals surface area contributed by atoms with Gasteiger partial charge in [0.05, 0.1) is 0 Å². The van der Waals surface area contributed by atoms with Gasteiger partial charge in [0.15, 0.2) is 10.3 Å². The normalized spacial score (nSPS) is 11.3. The molecule has 4 nitrogen and oxygen atoms in total. The Kier molecular flexibility index (Phi) is 5.86. The van der Waals surface area contributed by atoms with Crippen LogP contribution in [0.1, 0.15) is 32.6 Å². The molecule has 1 aromatic heterocycles. The molecular weight excluding hydrogens is 268 g/mol. The second kappa shape index (κ2) is 6.93. The fourth-order valence-corrected chi connectivity index (χ4v) is 2.82. The summed E-state index contributed by atoms with van der Waals surface area (Å²) in [4.78, 5) is 6.96. The quantitative estimate of drug-likeness (QED) is 0.872. The summed E-state index contributed by atoms with van der Waals surface area (Å²) in [5.41, 5.74) is 0. The summed E-state index contributed by atoms with van der Waals surface area (Å²) >= 11 is 7.11. The van der Waals surface area contributed by atoms with Crippen molar-refractivity contribution >= 4 is 28.1 Å². The monoisotopic (exact) mass is 286 g/mol. The van der Waals surface area contributed by atoms with E-state index in [1.165, 1.54) is 11.3 Å². The van der Waals surface area contributed by atoms with Crippen molar-refractivity contribution in [2.75, 3.05) is 18.4 Å². The standard InChI is InChI=1S/C12H19ClN4S/c1-8(2)17(9(3)4)6-5-15-12-16-11(13)10(7-14)18-12/h8-9H,5-6H2,1-4H3,(H,15,16). The highest BCUT2D eigenvalue weighted by Crippen LogP contribution is 2.25. The molecular formula is C12H19ClN4S. The van der Waals surface area contributed by atoms with Gasteiger partial charge in [-0.2, -0.15) is 5.26 Å². The minimum absolute atomic E-state index is 0.287. The maximum atomic E-state index is 8.79. The molecule has 1 aromatic rings. The first-order chi connectivity index (χ1) is 8.45. The molecule has 6 heteroatoms. The van der Waals surface area contributed by atoms with E-state index in [1.807, 2.05) is 6.07 Å². The van der Waals surface area contributed by atoms with Crippen molar-refractivity contribution in [3.63, 3.8) is 0 Å². The summed E-state index contributed by atoms with van der Waals surface area (Å²) < 4.78 is 0. The van der Waals surface area contributed by atoms with Crippen LogP contribution in [0, 0.1) is 11.3 Å². The Labute approximate surface area is 118 Å². The number of hydrogen-bond acceptors (Lipinski definition) is 5. The number of hydrogen-bond donors (Lipinski definition) is 1. The molecule has 0 bridgehead atoms. The van der Waals surface area contributed by atoms with Crippen LogP contribution < -0.4 is 5.32 Å². The third-order valence-electron chi connectivity index (χ3n) is 2.66. The third kappa shape index (κ3) is 4.13. The third-order valence-corrected chi connectivity index (χ3v) is 3.96. The van der Waals surface area contributed by atoms with Crippen LogP contribution in [0.25, 0.3) is 0 Å². The first-order valence-corrected chi connectivity index (χ1v) is 7.21. The highest BCUT2D eigenvalue weighted by Gasteiger charge is 2.13. The SMILES string of the molecule is CC(C)N(CCNc1nc(Cl)c(C#N)s1)C(C)C. The molecule has 0 saturated carbocycles. The van der Waals surface area contributed by atoms with Crippen LogP contribution in [0.2, 0.25) is 5.15 Å². The fraction of sp³-hybridized carbons (Fsp3) is 0.667. The van der Waals surface area contributed by atoms with Gasteiger partial charge in [-0.15, -0.1) is 0 Å². The summed E-state index contributed by atoms with van der Waals surface area (Å²) in [7, 11) is 0. The van der Waals surface area contributed by atoms with Gasteiger partial charge in [-0.1, -0.05) is 22.9 Å². The molecule has 0 aliphatic carbocycles. The molecule has 100 valence electrons. The molecule has 0 spiro atoms. The second-order valence-corrected chi connectivity index (χ2v) is 5.96. The van der Waals surface area contributed by atoms with Crippen molar-refractivity contribution in [3.8, 4) is 6.07 Å². The zero-order valence-electron chi connectivity index (χ0n) is 11.2. The summed E-state index contributed by atoms with van der Waals surface area (Å²) in [5.74, 6) is 0. The summed E-state index contributed by atoms with van der Waals surface area (Å²) in [5, 5.41) is 13.0. The zero-order valence-corrected chi connectivity index (χ0v) is 12.8. The first-order valence-electron chi connectivity index (χ1n) is 6.01. The Morgan fingerprint density at radius 2 is 2.00 bits per heavy atom. The van der Waals surface area contributed by atoms with Gasteiger partial charge in [0.1, 0.15) is 10.9 Å². The Hall–Kier alpha value is -0.830. The van der Waals surface area contributed by atoms with Crippen molar-refractivity contribution in [1.82, 2.24) is 9.88 Å². The lowest BCUT2D eigenvalue weighted by molar-refractivity contribution is 0.182. The van der Waals surface area contributed by atoms with Crippen molar-refractivity contribution in [2.24, 2.45) is 0 Å². The van der Waals surface area contributed by atoms with Gasteiger partial charge in [-0.25, -0.2) is 4.98 Å². The van der Waals surface area contributed by atoms with Gasteiger partial charge >= 0.3 is 0 Å². The molecule has 0 unspecified atom stereocenters. The van der Waals surface area contributed by atoms with Crippen LogP contribution in [0.5, 0.6) is 0 Å². The number of nitrogens with one attached hydrogen (secondary N) is 1. The predicted octanol–water partition coefficient (Wildman–Crippen LogP) is 3.20. The first kappa shape index (κ1) is 15.2. The Balaban J connectivity index is 2.48. The van der Waals surface area contributed by atoms with Gasteiger partial charge in [-0.05, 0) is 27.7 Å². The molecule has 0 atom stereocenters. The molecule has 18 heavy (non-hydrogen) atoms. The number of nitrogens with zero attached hydrogens (tertiary/aromatic N) is 3. The minimum atomic E-state index is 0.287. The molecule has 1 heterocycles. The lowest BCUT2D eigenvalue weighted by Gasteiger charge is -2.30. The van der Waals surface area contributed by atoms with Crippen LogP contribution in [0.4, 0.5) is 5.13 Å². The van der Waals surface area contributed by atoms with Gasteiger partial charge in [0.25, 0.3) is 0 Å². The van der Waals surface area contributed by atoms with E-state index in [1.54, 1.807) is 0 Å². The highest BCUT2D eigenvalue weighted by molar-refractivity contribution is 7.16. The molecule has 0 aliphatic heterocycles. The predicted molar refractivity (Wildman–Crippen MR) is 77.3 cm³/mol. The Bertz CT molecular complexity index is 414. The maximum Gasteiger partial charge on any atom is 0.185 e. The van der Waals surface area contributed by atoms with Crippen LogP contribution >= 0.6 is 22.9 Å². The Morgan fingerprint density at radius 3 is 2.44 bits per heavy atom. The van der Waals surface area contributed by atoms with E-state index in [0.29, 0.717) is 22.1 Å². The number of aromatic nitrogens is 1. The molecule has 1 N–H and O–H groups in total. The minimum Gasteiger partial charge on any atom is -0.360 e. The van der Waals surface area contributed by atoms with Gasteiger partial charge in [0.2, 0.25) is 0 Å². The van der Waals surface area contributed by atoms with Crippen LogP contribution in [0.3, 0.4) is 0 Å². The van der Waals surface area contributed by atoms with Crippen LogP contribution in [0.15, 0.2) is 0 Å². The van der Waals surface area contributed by atoms with Gasteiger partial charge in [-0.3, -0.25) is 4.90 Å². The zero-order chi connectivity index (χ0) is 13.7. The van der Waals surface area contributed by atoms with E-state index in [4.69, 9.17) is 16.9 Å². The van der Waals surface area contributed by atoms with E-state index in [2.05, 4.69) is 42.9 Å². The molecule has 0 amide bonds. The smallest absolute Gasteiger partial charge is 0.185 e. The number of rotatable bonds is 6. The van der Waals surface area contributed by atoms with Crippen molar-refractivity contribution in [1.29, 1.82) is 5.26 Å². The molecule has 0 aromatic carbocycles. The van der Waals surface area contributed by atoms with Gasteiger partial charge < -0.3 is 5.32 Å². The van der Waals surface area contributed by atoms with E-state index < -0.39 is 0 Å². The fourth-order valence-electron chi connectivity index (χ4n) is 1.85. The van der Waals surface area contributed by atoms with Gasteiger partial charge in [0, 0.05) is 25.2 Å². The number of halogens is 1.